The summed E-state index contributed by atoms with van der Waals surface area (Å²) >= 11 is 0. The lowest BCUT2D eigenvalue weighted by atomic mass is 9.65. The predicted molar refractivity (Wildman–Crippen MR) is 88.0 cm³/mol. The van der Waals surface area contributed by atoms with Crippen LogP contribution in [-0.2, 0) is 4.79 Å². The van der Waals surface area contributed by atoms with E-state index in [2.05, 4.69) is 26.1 Å². The zero-order valence-corrected chi connectivity index (χ0v) is 14.2. The first-order valence-corrected chi connectivity index (χ1v) is 8.97. The average Bonchev–Trinajstić information content (AvgIpc) is 2.48. The first-order valence-electron chi connectivity index (χ1n) is 8.97. The normalized spacial score (nSPS) is 32.0. The molecule has 3 nitrogen and oxygen atoms in total. The summed E-state index contributed by atoms with van der Waals surface area (Å²) in [5.74, 6) is 0.601. The topological polar surface area (TPSA) is 55.1 Å². The molecule has 0 aliphatic heterocycles. The van der Waals surface area contributed by atoms with Crippen molar-refractivity contribution in [1.82, 2.24) is 5.32 Å². The zero-order valence-electron chi connectivity index (χ0n) is 14.2. The van der Waals surface area contributed by atoms with Gasteiger partial charge in [-0.15, -0.1) is 0 Å². The molecule has 0 aromatic carbocycles. The molecule has 0 bridgehead atoms. The van der Waals surface area contributed by atoms with Gasteiger partial charge in [-0.3, -0.25) is 4.79 Å². The summed E-state index contributed by atoms with van der Waals surface area (Å²) in [4.78, 5) is 12.1. The Hall–Kier alpha value is -0.570. The Morgan fingerprint density at radius 2 is 1.71 bits per heavy atom. The molecule has 21 heavy (non-hydrogen) atoms. The van der Waals surface area contributed by atoms with Crippen molar-refractivity contribution in [1.29, 1.82) is 0 Å². The second-order valence-electron chi connectivity index (χ2n) is 8.04. The summed E-state index contributed by atoms with van der Waals surface area (Å²) in [5, 5.41) is 3.69. The van der Waals surface area contributed by atoms with Gasteiger partial charge in [0, 0.05) is 6.04 Å². The van der Waals surface area contributed by atoms with Crippen molar-refractivity contribution in [2.24, 2.45) is 17.1 Å². The Labute approximate surface area is 130 Å². The molecule has 2 fully saturated rings. The van der Waals surface area contributed by atoms with Crippen LogP contribution in [0.2, 0.25) is 0 Å². The van der Waals surface area contributed by atoms with Crippen LogP contribution in [0.1, 0.15) is 85.0 Å². The predicted octanol–water partition coefficient (Wildman–Crippen LogP) is 3.76. The van der Waals surface area contributed by atoms with Gasteiger partial charge in [0.05, 0.1) is 5.54 Å². The molecule has 0 spiro atoms. The van der Waals surface area contributed by atoms with E-state index in [1.807, 2.05) is 0 Å². The van der Waals surface area contributed by atoms with E-state index in [0.29, 0.717) is 11.5 Å². The molecule has 1 amide bonds. The standard InChI is InChI=1S/C18H34N2O/c1-4-17(2,3)14-10-12-18(13-11-14,16(19)21)20-15-8-6-5-7-9-15/h14-15,20H,4-13H2,1-3H3,(H2,19,21). The molecule has 0 heterocycles. The van der Waals surface area contributed by atoms with E-state index in [1.54, 1.807) is 0 Å². The lowest BCUT2D eigenvalue weighted by Crippen LogP contribution is -2.61. The minimum atomic E-state index is -0.428. The minimum Gasteiger partial charge on any atom is -0.368 e. The molecule has 2 rings (SSSR count). The van der Waals surface area contributed by atoms with E-state index >= 15 is 0 Å². The second-order valence-corrected chi connectivity index (χ2v) is 8.04. The average molecular weight is 294 g/mol. The molecular weight excluding hydrogens is 260 g/mol. The van der Waals surface area contributed by atoms with Crippen molar-refractivity contribution < 1.29 is 4.79 Å². The number of primary amides is 1. The quantitative estimate of drug-likeness (QED) is 0.811. The highest BCUT2D eigenvalue weighted by molar-refractivity contribution is 5.84. The van der Waals surface area contributed by atoms with E-state index in [9.17, 15) is 4.79 Å². The summed E-state index contributed by atoms with van der Waals surface area (Å²) in [7, 11) is 0. The van der Waals surface area contributed by atoms with Gasteiger partial charge in [0.25, 0.3) is 0 Å². The highest BCUT2D eigenvalue weighted by atomic mass is 16.1. The van der Waals surface area contributed by atoms with Crippen molar-refractivity contribution in [2.75, 3.05) is 0 Å². The third kappa shape index (κ3) is 3.80. The molecule has 0 radical (unpaired) electrons. The second kappa shape index (κ2) is 6.68. The summed E-state index contributed by atoms with van der Waals surface area (Å²) in [6.07, 6.45) is 11.6. The Morgan fingerprint density at radius 1 is 1.14 bits per heavy atom. The Morgan fingerprint density at radius 3 is 2.19 bits per heavy atom. The van der Waals surface area contributed by atoms with Gasteiger partial charge >= 0.3 is 0 Å². The number of carbonyl (C=O) groups excluding carboxylic acids is 1. The number of nitrogens with two attached hydrogens (primary N) is 1. The van der Waals surface area contributed by atoms with Crippen LogP contribution in [-0.4, -0.2) is 17.5 Å². The molecule has 0 saturated heterocycles. The summed E-state index contributed by atoms with van der Waals surface area (Å²) in [6, 6.07) is 0.502. The fraction of sp³-hybridized carbons (Fsp3) is 0.944. The Kier molecular flexibility index (Phi) is 5.34. The number of carbonyl (C=O) groups is 1. The number of hydrogen-bond acceptors (Lipinski definition) is 2. The largest absolute Gasteiger partial charge is 0.368 e. The summed E-state index contributed by atoms with van der Waals surface area (Å²) in [6.45, 7) is 7.00. The molecule has 2 aliphatic rings. The smallest absolute Gasteiger partial charge is 0.237 e. The van der Waals surface area contributed by atoms with Gasteiger partial charge < -0.3 is 11.1 Å². The molecule has 122 valence electrons. The molecule has 3 heteroatoms. The number of nitrogens with one attached hydrogen (secondary N) is 1. The fourth-order valence-electron chi connectivity index (χ4n) is 4.28. The Balaban J connectivity index is 1.99. The highest BCUT2D eigenvalue weighted by Crippen LogP contribution is 2.43. The third-order valence-electron chi connectivity index (χ3n) is 6.41. The van der Waals surface area contributed by atoms with E-state index in [1.165, 1.54) is 38.5 Å². The highest BCUT2D eigenvalue weighted by Gasteiger charge is 2.44. The van der Waals surface area contributed by atoms with Gasteiger partial charge in [-0.2, -0.15) is 0 Å². The summed E-state index contributed by atoms with van der Waals surface area (Å²) in [5.41, 5.74) is 5.76. The lowest BCUT2D eigenvalue weighted by molar-refractivity contribution is -0.127. The Bertz CT molecular complexity index is 350. The van der Waals surface area contributed by atoms with Crippen molar-refractivity contribution >= 4 is 5.91 Å². The molecule has 0 atom stereocenters. The first-order chi connectivity index (χ1) is 9.89. The zero-order chi connectivity index (χ0) is 15.5. The third-order valence-corrected chi connectivity index (χ3v) is 6.41. The van der Waals surface area contributed by atoms with E-state index in [-0.39, 0.29) is 5.91 Å². The van der Waals surface area contributed by atoms with E-state index in [0.717, 1.165) is 31.6 Å². The van der Waals surface area contributed by atoms with Crippen LogP contribution in [0, 0.1) is 11.3 Å². The van der Waals surface area contributed by atoms with Gasteiger partial charge in [0.15, 0.2) is 0 Å². The molecule has 2 saturated carbocycles. The molecule has 2 aliphatic carbocycles. The van der Waals surface area contributed by atoms with Crippen LogP contribution < -0.4 is 11.1 Å². The van der Waals surface area contributed by atoms with Crippen LogP contribution in [0.4, 0.5) is 0 Å². The fourth-order valence-corrected chi connectivity index (χ4v) is 4.28. The number of amides is 1. The van der Waals surface area contributed by atoms with Crippen molar-refractivity contribution in [3.63, 3.8) is 0 Å². The van der Waals surface area contributed by atoms with Crippen molar-refractivity contribution in [2.45, 2.75) is 96.6 Å². The van der Waals surface area contributed by atoms with Crippen LogP contribution in [0.5, 0.6) is 0 Å². The molecule has 3 N–H and O–H groups in total. The van der Waals surface area contributed by atoms with E-state index in [4.69, 9.17) is 5.73 Å². The van der Waals surface area contributed by atoms with Gasteiger partial charge in [0.2, 0.25) is 5.91 Å². The van der Waals surface area contributed by atoms with Crippen LogP contribution >= 0.6 is 0 Å². The molecule has 0 aromatic rings. The first kappa shape index (κ1) is 16.8. The van der Waals surface area contributed by atoms with Crippen molar-refractivity contribution in [3.05, 3.63) is 0 Å². The maximum absolute atomic E-state index is 12.1. The summed E-state index contributed by atoms with van der Waals surface area (Å²) < 4.78 is 0. The number of rotatable bonds is 5. The van der Waals surface area contributed by atoms with Crippen LogP contribution in [0.15, 0.2) is 0 Å². The SMILES string of the molecule is CCC(C)(C)C1CCC(NC2CCCCC2)(C(N)=O)CC1. The van der Waals surface area contributed by atoms with Crippen molar-refractivity contribution in [3.8, 4) is 0 Å². The molecule has 0 aromatic heterocycles. The molecule has 0 unspecified atom stereocenters. The monoisotopic (exact) mass is 294 g/mol. The minimum absolute atomic E-state index is 0.124. The van der Waals surface area contributed by atoms with Gasteiger partial charge in [-0.25, -0.2) is 0 Å². The number of hydrogen-bond donors (Lipinski definition) is 2. The molecular formula is C18H34N2O. The van der Waals surface area contributed by atoms with E-state index < -0.39 is 5.54 Å². The lowest BCUT2D eigenvalue weighted by Gasteiger charge is -2.45. The maximum atomic E-state index is 12.1. The maximum Gasteiger partial charge on any atom is 0.237 e. The van der Waals surface area contributed by atoms with Gasteiger partial charge in [0.1, 0.15) is 0 Å². The van der Waals surface area contributed by atoms with Gasteiger partial charge in [-0.1, -0.05) is 46.5 Å². The van der Waals surface area contributed by atoms with Crippen LogP contribution in [0.3, 0.4) is 0 Å². The van der Waals surface area contributed by atoms with Gasteiger partial charge in [-0.05, 0) is 49.9 Å². The van der Waals surface area contributed by atoms with Crippen LogP contribution in [0.25, 0.3) is 0 Å².